The number of nitrogens with zero attached hydrogens (tertiary/aromatic N) is 1. The molecule has 4 nitrogen and oxygen atoms in total. The molecule has 0 spiro atoms. The van der Waals surface area contributed by atoms with E-state index < -0.39 is 0 Å². The summed E-state index contributed by atoms with van der Waals surface area (Å²) in [5.74, 6) is -0.149. The number of hydrogen-bond acceptors (Lipinski definition) is 3. The minimum Gasteiger partial charge on any atom is -0.372 e. The Morgan fingerprint density at radius 3 is 2.77 bits per heavy atom. The SMILES string of the molecule is CCOCC(=O)NC(CC)CC#N. The number of hydrogen-bond donors (Lipinski definition) is 1. The summed E-state index contributed by atoms with van der Waals surface area (Å²) in [6, 6.07) is 1.98. The van der Waals surface area contributed by atoms with Gasteiger partial charge < -0.3 is 10.1 Å². The standard InChI is InChI=1S/C9H16N2O2/c1-3-8(5-6-10)11-9(12)7-13-4-2/h8H,3-5,7H2,1-2H3,(H,11,12). The van der Waals surface area contributed by atoms with Crippen molar-refractivity contribution in [3.8, 4) is 6.07 Å². The Kier molecular flexibility index (Phi) is 6.93. The summed E-state index contributed by atoms with van der Waals surface area (Å²) in [7, 11) is 0. The average Bonchev–Trinajstić information content (AvgIpc) is 2.14. The number of carbonyl (C=O) groups is 1. The molecule has 4 heteroatoms. The molecule has 0 rings (SSSR count). The molecular weight excluding hydrogens is 168 g/mol. The van der Waals surface area contributed by atoms with Crippen LogP contribution in [0, 0.1) is 11.3 Å². The third-order valence-electron chi connectivity index (χ3n) is 1.63. The quantitative estimate of drug-likeness (QED) is 0.665. The van der Waals surface area contributed by atoms with Crippen molar-refractivity contribution in [3.05, 3.63) is 0 Å². The van der Waals surface area contributed by atoms with Crippen LogP contribution >= 0.6 is 0 Å². The fraction of sp³-hybridized carbons (Fsp3) is 0.778. The fourth-order valence-corrected chi connectivity index (χ4v) is 0.872. The molecule has 0 fully saturated rings. The van der Waals surface area contributed by atoms with E-state index in [4.69, 9.17) is 10.00 Å². The molecule has 74 valence electrons. The lowest BCUT2D eigenvalue weighted by molar-refractivity contribution is -0.126. The molecule has 1 N–H and O–H groups in total. The Balaban J connectivity index is 3.67. The predicted octanol–water partition coefficient (Wildman–Crippen LogP) is 0.831. The molecule has 0 heterocycles. The fourth-order valence-electron chi connectivity index (χ4n) is 0.872. The van der Waals surface area contributed by atoms with Crippen molar-refractivity contribution in [3.63, 3.8) is 0 Å². The van der Waals surface area contributed by atoms with Crippen molar-refractivity contribution >= 4 is 5.91 Å². The van der Waals surface area contributed by atoms with E-state index in [1.807, 2.05) is 19.9 Å². The number of rotatable bonds is 6. The maximum Gasteiger partial charge on any atom is 0.246 e. The van der Waals surface area contributed by atoms with Gasteiger partial charge in [-0.25, -0.2) is 0 Å². The van der Waals surface area contributed by atoms with E-state index in [1.54, 1.807) is 0 Å². The van der Waals surface area contributed by atoms with E-state index in [1.165, 1.54) is 0 Å². The minimum atomic E-state index is -0.149. The van der Waals surface area contributed by atoms with Crippen LogP contribution in [0.4, 0.5) is 0 Å². The first-order chi connectivity index (χ1) is 6.24. The number of carbonyl (C=O) groups excluding carboxylic acids is 1. The van der Waals surface area contributed by atoms with Gasteiger partial charge in [-0.2, -0.15) is 5.26 Å². The van der Waals surface area contributed by atoms with Gasteiger partial charge in [-0.3, -0.25) is 4.79 Å². The summed E-state index contributed by atoms with van der Waals surface area (Å²) >= 11 is 0. The molecule has 0 aromatic carbocycles. The molecule has 0 bridgehead atoms. The normalized spacial score (nSPS) is 11.8. The summed E-state index contributed by atoms with van der Waals surface area (Å²) < 4.78 is 4.92. The zero-order chi connectivity index (χ0) is 10.1. The Labute approximate surface area is 78.9 Å². The van der Waals surface area contributed by atoms with E-state index in [-0.39, 0.29) is 18.6 Å². The molecule has 1 amide bonds. The van der Waals surface area contributed by atoms with Crippen LogP contribution in [0.3, 0.4) is 0 Å². The minimum absolute atomic E-state index is 0.0436. The van der Waals surface area contributed by atoms with Crippen molar-refractivity contribution in [1.29, 1.82) is 5.26 Å². The Bertz CT molecular complexity index is 187. The molecule has 0 radical (unpaired) electrons. The number of nitriles is 1. The van der Waals surface area contributed by atoms with Crippen molar-refractivity contribution in [2.75, 3.05) is 13.2 Å². The second-order valence-electron chi connectivity index (χ2n) is 2.67. The highest BCUT2D eigenvalue weighted by Gasteiger charge is 2.08. The second kappa shape index (κ2) is 7.56. The van der Waals surface area contributed by atoms with Gasteiger partial charge in [-0.1, -0.05) is 6.92 Å². The van der Waals surface area contributed by atoms with E-state index in [2.05, 4.69) is 5.32 Å². The van der Waals surface area contributed by atoms with Gasteiger partial charge in [-0.15, -0.1) is 0 Å². The summed E-state index contributed by atoms with van der Waals surface area (Å²) in [4.78, 5) is 11.1. The first-order valence-corrected chi connectivity index (χ1v) is 4.48. The molecule has 0 saturated carbocycles. The third-order valence-corrected chi connectivity index (χ3v) is 1.63. The van der Waals surface area contributed by atoms with Gasteiger partial charge in [0.05, 0.1) is 12.5 Å². The molecule has 0 aliphatic rings. The van der Waals surface area contributed by atoms with E-state index in [0.717, 1.165) is 6.42 Å². The van der Waals surface area contributed by atoms with E-state index >= 15 is 0 Å². The van der Waals surface area contributed by atoms with Gasteiger partial charge in [0.15, 0.2) is 0 Å². The van der Waals surface area contributed by atoms with Crippen LogP contribution in [0.25, 0.3) is 0 Å². The smallest absolute Gasteiger partial charge is 0.246 e. The topological polar surface area (TPSA) is 62.1 Å². The molecule has 0 aliphatic heterocycles. The van der Waals surface area contributed by atoms with Crippen LogP contribution in [0.15, 0.2) is 0 Å². The lowest BCUT2D eigenvalue weighted by atomic mass is 10.2. The van der Waals surface area contributed by atoms with Gasteiger partial charge in [0.1, 0.15) is 6.61 Å². The lowest BCUT2D eigenvalue weighted by Gasteiger charge is -2.12. The van der Waals surface area contributed by atoms with Crippen LogP contribution in [0.5, 0.6) is 0 Å². The van der Waals surface area contributed by atoms with E-state index in [0.29, 0.717) is 13.0 Å². The molecule has 0 saturated heterocycles. The molecule has 0 aliphatic carbocycles. The summed E-state index contributed by atoms with van der Waals surface area (Å²) in [5.41, 5.74) is 0. The van der Waals surface area contributed by atoms with Crippen molar-refractivity contribution < 1.29 is 9.53 Å². The molecular formula is C9H16N2O2. The van der Waals surface area contributed by atoms with Crippen molar-refractivity contribution in [2.24, 2.45) is 0 Å². The molecule has 1 atom stereocenters. The summed E-state index contributed by atoms with van der Waals surface area (Å²) in [6.45, 7) is 4.38. The van der Waals surface area contributed by atoms with Crippen LogP contribution in [-0.4, -0.2) is 25.2 Å². The summed E-state index contributed by atoms with van der Waals surface area (Å²) in [6.07, 6.45) is 1.12. The summed E-state index contributed by atoms with van der Waals surface area (Å²) in [5, 5.41) is 11.1. The highest BCUT2D eigenvalue weighted by atomic mass is 16.5. The molecule has 0 aromatic rings. The zero-order valence-electron chi connectivity index (χ0n) is 8.17. The third kappa shape index (κ3) is 6.12. The van der Waals surface area contributed by atoms with E-state index in [9.17, 15) is 4.79 Å². The maximum atomic E-state index is 11.1. The molecule has 1 unspecified atom stereocenters. The van der Waals surface area contributed by atoms with Gasteiger partial charge in [0.2, 0.25) is 5.91 Å². The van der Waals surface area contributed by atoms with Crippen LogP contribution < -0.4 is 5.32 Å². The number of nitrogens with one attached hydrogen (secondary N) is 1. The Morgan fingerprint density at radius 1 is 1.62 bits per heavy atom. The maximum absolute atomic E-state index is 11.1. The van der Waals surface area contributed by atoms with Crippen LogP contribution in [0.1, 0.15) is 26.7 Å². The first-order valence-electron chi connectivity index (χ1n) is 4.48. The largest absolute Gasteiger partial charge is 0.372 e. The van der Waals surface area contributed by atoms with Crippen LogP contribution in [-0.2, 0) is 9.53 Å². The van der Waals surface area contributed by atoms with Crippen LogP contribution in [0.2, 0.25) is 0 Å². The van der Waals surface area contributed by atoms with Gasteiger partial charge in [0.25, 0.3) is 0 Å². The van der Waals surface area contributed by atoms with Crippen molar-refractivity contribution in [1.82, 2.24) is 5.32 Å². The number of ether oxygens (including phenoxy) is 1. The lowest BCUT2D eigenvalue weighted by Crippen LogP contribution is -2.36. The van der Waals surface area contributed by atoms with Gasteiger partial charge in [-0.05, 0) is 13.3 Å². The molecule has 13 heavy (non-hydrogen) atoms. The number of amides is 1. The highest BCUT2D eigenvalue weighted by molar-refractivity contribution is 5.77. The Morgan fingerprint density at radius 2 is 2.31 bits per heavy atom. The van der Waals surface area contributed by atoms with Crippen molar-refractivity contribution in [2.45, 2.75) is 32.7 Å². The van der Waals surface area contributed by atoms with Gasteiger partial charge in [0, 0.05) is 12.6 Å². The average molecular weight is 184 g/mol. The molecule has 0 aromatic heterocycles. The Hall–Kier alpha value is -1.08. The highest BCUT2D eigenvalue weighted by Crippen LogP contribution is 1.95. The monoisotopic (exact) mass is 184 g/mol. The zero-order valence-corrected chi connectivity index (χ0v) is 8.17. The first kappa shape index (κ1) is 11.9. The van der Waals surface area contributed by atoms with Gasteiger partial charge >= 0.3 is 0 Å². The predicted molar refractivity (Wildman–Crippen MR) is 48.9 cm³/mol. The second-order valence-corrected chi connectivity index (χ2v) is 2.67.